The van der Waals surface area contributed by atoms with E-state index in [0.717, 1.165) is 18.2 Å². The number of nitro groups is 1. The molecular formula is C17H14F2N2O3. The monoisotopic (exact) mass is 332 g/mol. The molecule has 1 unspecified atom stereocenters. The number of nitro benzene ring substituents is 1. The molecule has 2 rings (SSSR count). The van der Waals surface area contributed by atoms with Crippen molar-refractivity contribution in [2.45, 2.75) is 13.0 Å². The molecule has 0 heterocycles. The molecule has 0 aromatic heterocycles. The Labute approximate surface area is 136 Å². The molecule has 0 fully saturated rings. The second-order valence-electron chi connectivity index (χ2n) is 5.05. The van der Waals surface area contributed by atoms with E-state index in [0.29, 0.717) is 5.56 Å². The van der Waals surface area contributed by atoms with Crippen LogP contribution < -0.4 is 5.32 Å². The first-order chi connectivity index (χ1) is 11.4. The highest BCUT2D eigenvalue weighted by atomic mass is 19.2. The summed E-state index contributed by atoms with van der Waals surface area (Å²) in [5, 5.41) is 13.5. The van der Waals surface area contributed by atoms with Gasteiger partial charge in [-0.05, 0) is 36.8 Å². The van der Waals surface area contributed by atoms with E-state index in [2.05, 4.69) is 5.32 Å². The number of rotatable bonds is 5. The Bertz CT molecular complexity index is 806. The number of para-hydroxylation sites is 1. The summed E-state index contributed by atoms with van der Waals surface area (Å²) in [5.41, 5.74) is 0.578. The molecule has 0 radical (unpaired) electrons. The Morgan fingerprint density at radius 2 is 1.92 bits per heavy atom. The number of nitrogens with one attached hydrogen (secondary N) is 1. The fourth-order valence-corrected chi connectivity index (χ4v) is 2.09. The summed E-state index contributed by atoms with van der Waals surface area (Å²) >= 11 is 0. The van der Waals surface area contributed by atoms with Crippen LogP contribution in [-0.2, 0) is 4.79 Å². The van der Waals surface area contributed by atoms with Crippen LogP contribution in [0.25, 0.3) is 6.08 Å². The van der Waals surface area contributed by atoms with Crippen LogP contribution in [-0.4, -0.2) is 10.8 Å². The predicted molar refractivity (Wildman–Crippen MR) is 85.0 cm³/mol. The van der Waals surface area contributed by atoms with Gasteiger partial charge in [0.2, 0.25) is 5.91 Å². The van der Waals surface area contributed by atoms with Crippen molar-refractivity contribution in [3.8, 4) is 0 Å². The second-order valence-corrected chi connectivity index (χ2v) is 5.05. The molecule has 0 spiro atoms. The van der Waals surface area contributed by atoms with Gasteiger partial charge in [0, 0.05) is 12.1 Å². The van der Waals surface area contributed by atoms with Gasteiger partial charge in [0.1, 0.15) is 0 Å². The van der Waals surface area contributed by atoms with Crippen molar-refractivity contribution in [2.75, 3.05) is 0 Å². The van der Waals surface area contributed by atoms with Crippen molar-refractivity contribution >= 4 is 17.7 Å². The molecule has 0 bridgehead atoms. The SMILES string of the molecule is CC(NC(=O)/C=C/c1ccccc1[N+](=O)[O-])c1ccc(F)c(F)c1. The molecule has 2 aromatic carbocycles. The Hall–Kier alpha value is -3.09. The third-order valence-electron chi connectivity index (χ3n) is 3.35. The lowest BCUT2D eigenvalue weighted by Crippen LogP contribution is -2.24. The van der Waals surface area contributed by atoms with E-state index in [1.54, 1.807) is 13.0 Å². The van der Waals surface area contributed by atoms with Crippen molar-refractivity contribution in [1.29, 1.82) is 0 Å². The quantitative estimate of drug-likeness (QED) is 0.515. The minimum Gasteiger partial charge on any atom is -0.346 e. The van der Waals surface area contributed by atoms with E-state index in [4.69, 9.17) is 0 Å². The topological polar surface area (TPSA) is 72.2 Å². The lowest BCUT2D eigenvalue weighted by molar-refractivity contribution is -0.385. The maximum atomic E-state index is 13.2. The Morgan fingerprint density at radius 1 is 1.21 bits per heavy atom. The predicted octanol–water partition coefficient (Wildman–Crippen LogP) is 3.76. The van der Waals surface area contributed by atoms with E-state index >= 15 is 0 Å². The number of carbonyl (C=O) groups excluding carboxylic acids is 1. The number of hydrogen-bond acceptors (Lipinski definition) is 3. The van der Waals surface area contributed by atoms with Gasteiger partial charge in [-0.2, -0.15) is 0 Å². The molecule has 0 saturated heterocycles. The molecular weight excluding hydrogens is 318 g/mol. The summed E-state index contributed by atoms with van der Waals surface area (Å²) in [6, 6.07) is 8.80. The molecule has 0 aliphatic heterocycles. The molecule has 24 heavy (non-hydrogen) atoms. The number of amides is 1. The van der Waals surface area contributed by atoms with Gasteiger partial charge in [-0.3, -0.25) is 14.9 Å². The number of hydrogen-bond donors (Lipinski definition) is 1. The van der Waals surface area contributed by atoms with Gasteiger partial charge in [-0.15, -0.1) is 0 Å². The zero-order valence-corrected chi connectivity index (χ0v) is 12.7. The van der Waals surface area contributed by atoms with Gasteiger partial charge in [-0.1, -0.05) is 18.2 Å². The van der Waals surface area contributed by atoms with Gasteiger partial charge < -0.3 is 5.32 Å². The van der Waals surface area contributed by atoms with Crippen molar-refractivity contribution < 1.29 is 18.5 Å². The molecule has 1 atom stereocenters. The van der Waals surface area contributed by atoms with Crippen LogP contribution in [0.15, 0.2) is 48.5 Å². The maximum absolute atomic E-state index is 13.2. The van der Waals surface area contributed by atoms with E-state index in [1.807, 2.05) is 0 Å². The number of benzene rings is 2. The number of nitrogens with zero attached hydrogens (tertiary/aromatic N) is 1. The zero-order chi connectivity index (χ0) is 17.7. The highest BCUT2D eigenvalue weighted by Gasteiger charge is 2.12. The first kappa shape index (κ1) is 17.3. The first-order valence-electron chi connectivity index (χ1n) is 7.05. The van der Waals surface area contributed by atoms with Crippen LogP contribution in [0.3, 0.4) is 0 Å². The van der Waals surface area contributed by atoms with Gasteiger partial charge in [0.05, 0.1) is 16.5 Å². The molecule has 5 nitrogen and oxygen atoms in total. The molecule has 1 N–H and O–H groups in total. The summed E-state index contributed by atoms with van der Waals surface area (Å²) in [6.07, 6.45) is 2.48. The van der Waals surface area contributed by atoms with Crippen molar-refractivity contribution in [3.05, 3.63) is 81.4 Å². The normalized spacial score (nSPS) is 12.1. The number of carbonyl (C=O) groups is 1. The minimum atomic E-state index is -0.996. The molecule has 7 heteroatoms. The summed E-state index contributed by atoms with van der Waals surface area (Å²) < 4.78 is 26.1. The Balaban J connectivity index is 2.07. The fourth-order valence-electron chi connectivity index (χ4n) is 2.09. The summed E-state index contributed by atoms with van der Waals surface area (Å²) in [6.45, 7) is 1.61. The zero-order valence-electron chi connectivity index (χ0n) is 12.7. The third-order valence-corrected chi connectivity index (χ3v) is 3.35. The lowest BCUT2D eigenvalue weighted by Gasteiger charge is -2.13. The van der Waals surface area contributed by atoms with Gasteiger partial charge in [-0.25, -0.2) is 8.78 Å². The molecule has 0 aliphatic carbocycles. The smallest absolute Gasteiger partial charge is 0.276 e. The van der Waals surface area contributed by atoms with Crippen LogP contribution in [0.1, 0.15) is 24.1 Å². The molecule has 0 aliphatic rings. The molecule has 2 aromatic rings. The largest absolute Gasteiger partial charge is 0.346 e. The highest BCUT2D eigenvalue weighted by Crippen LogP contribution is 2.19. The average Bonchev–Trinajstić information content (AvgIpc) is 2.55. The molecule has 124 valence electrons. The van der Waals surface area contributed by atoms with E-state index in [-0.39, 0.29) is 11.3 Å². The lowest BCUT2D eigenvalue weighted by atomic mass is 10.1. The van der Waals surface area contributed by atoms with E-state index < -0.39 is 28.5 Å². The van der Waals surface area contributed by atoms with Crippen molar-refractivity contribution in [1.82, 2.24) is 5.32 Å². The second kappa shape index (κ2) is 7.45. The van der Waals surface area contributed by atoms with E-state index in [9.17, 15) is 23.7 Å². The fraction of sp³-hybridized carbons (Fsp3) is 0.118. The maximum Gasteiger partial charge on any atom is 0.276 e. The van der Waals surface area contributed by atoms with Crippen LogP contribution >= 0.6 is 0 Å². The van der Waals surface area contributed by atoms with Crippen LogP contribution in [0.2, 0.25) is 0 Å². The third kappa shape index (κ3) is 4.22. The summed E-state index contributed by atoms with van der Waals surface area (Å²) in [5.74, 6) is -2.47. The molecule has 0 saturated carbocycles. The summed E-state index contributed by atoms with van der Waals surface area (Å²) in [7, 11) is 0. The van der Waals surface area contributed by atoms with Crippen molar-refractivity contribution in [2.24, 2.45) is 0 Å². The first-order valence-corrected chi connectivity index (χ1v) is 7.05. The number of halogens is 2. The Morgan fingerprint density at radius 3 is 2.58 bits per heavy atom. The van der Waals surface area contributed by atoms with Gasteiger partial charge in [0.25, 0.3) is 5.69 Å². The van der Waals surface area contributed by atoms with Gasteiger partial charge >= 0.3 is 0 Å². The minimum absolute atomic E-state index is 0.116. The Kier molecular flexibility index (Phi) is 5.36. The standard InChI is InChI=1S/C17H14F2N2O3/c1-11(13-6-8-14(18)15(19)10-13)20-17(22)9-7-12-4-2-3-5-16(12)21(23)24/h2-11H,1H3,(H,20,22)/b9-7+. The van der Waals surface area contributed by atoms with Crippen LogP contribution in [0.5, 0.6) is 0 Å². The van der Waals surface area contributed by atoms with Crippen LogP contribution in [0.4, 0.5) is 14.5 Å². The van der Waals surface area contributed by atoms with Gasteiger partial charge in [0.15, 0.2) is 11.6 Å². The summed E-state index contributed by atoms with van der Waals surface area (Å²) in [4.78, 5) is 22.3. The van der Waals surface area contributed by atoms with E-state index in [1.165, 1.54) is 30.3 Å². The van der Waals surface area contributed by atoms with Crippen molar-refractivity contribution in [3.63, 3.8) is 0 Å². The molecule has 1 amide bonds. The highest BCUT2D eigenvalue weighted by molar-refractivity contribution is 5.92. The van der Waals surface area contributed by atoms with Crippen LogP contribution in [0, 0.1) is 21.7 Å². The average molecular weight is 332 g/mol.